The van der Waals surface area contributed by atoms with Gasteiger partial charge in [0.05, 0.1) is 26.7 Å². The highest BCUT2D eigenvalue weighted by molar-refractivity contribution is 7.93. The van der Waals surface area contributed by atoms with Gasteiger partial charge in [-0.05, 0) is 73.5 Å². The van der Waals surface area contributed by atoms with Crippen molar-refractivity contribution in [2.45, 2.75) is 23.6 Å². The van der Waals surface area contributed by atoms with E-state index in [0.29, 0.717) is 11.1 Å². The maximum absolute atomic E-state index is 13.1. The normalized spacial score (nSPS) is 11.7. The Bertz CT molecular complexity index is 1400. The molecular weight excluding hydrogens is 459 g/mol. The maximum atomic E-state index is 13.1. The highest BCUT2D eigenvalue weighted by Gasteiger charge is 2.23. The van der Waals surface area contributed by atoms with Crippen LogP contribution in [0.5, 0.6) is 0 Å². The highest BCUT2D eigenvalue weighted by atomic mass is 32.2. The molecule has 0 aliphatic heterocycles. The monoisotopic (exact) mass is 478 g/mol. The van der Waals surface area contributed by atoms with Gasteiger partial charge in [-0.3, -0.25) is 9.44 Å². The van der Waals surface area contributed by atoms with Crippen molar-refractivity contribution in [2.24, 2.45) is 0 Å². The summed E-state index contributed by atoms with van der Waals surface area (Å²) in [5.41, 5.74) is 0.487. The van der Waals surface area contributed by atoms with Crippen LogP contribution in [0.15, 0.2) is 70.5 Å². The number of hydrogen-bond acceptors (Lipinski definition) is 5. The Morgan fingerprint density at radius 3 is 1.91 bits per heavy atom. The van der Waals surface area contributed by atoms with Gasteiger partial charge in [0.2, 0.25) is 0 Å². The van der Waals surface area contributed by atoms with Crippen LogP contribution in [0.4, 0.5) is 15.8 Å². The Labute approximate surface area is 184 Å². The minimum absolute atomic E-state index is 0.0656. The van der Waals surface area contributed by atoms with Gasteiger partial charge in [0.15, 0.2) is 0 Å². The van der Waals surface area contributed by atoms with Crippen molar-refractivity contribution in [3.8, 4) is 0 Å². The van der Waals surface area contributed by atoms with Gasteiger partial charge < -0.3 is 5.11 Å². The number of rotatable bonds is 7. The number of sulfonamides is 2. The summed E-state index contributed by atoms with van der Waals surface area (Å²) < 4.78 is 69.1. The van der Waals surface area contributed by atoms with Gasteiger partial charge in [-0.15, -0.1) is 0 Å². The first-order valence-electron chi connectivity index (χ1n) is 9.15. The zero-order chi connectivity index (χ0) is 23.7. The van der Waals surface area contributed by atoms with E-state index < -0.39 is 31.8 Å². The quantitative estimate of drug-likeness (QED) is 0.474. The molecule has 0 saturated heterocycles. The Balaban J connectivity index is 2.00. The number of aryl methyl sites for hydroxylation is 1. The molecule has 0 heterocycles. The van der Waals surface area contributed by atoms with Crippen molar-refractivity contribution in [1.82, 2.24) is 0 Å². The Hall–Kier alpha value is -3.44. The molecule has 3 aromatic carbocycles. The third kappa shape index (κ3) is 4.89. The summed E-state index contributed by atoms with van der Waals surface area (Å²) in [5.74, 6) is -1.89. The first kappa shape index (κ1) is 23.2. The fourth-order valence-corrected chi connectivity index (χ4v) is 5.41. The predicted octanol–water partition coefficient (Wildman–Crippen LogP) is 3.74. The molecule has 0 amide bonds. The molecule has 3 rings (SSSR count). The summed E-state index contributed by atoms with van der Waals surface area (Å²) in [6, 6.07) is 12.2. The van der Waals surface area contributed by atoms with Crippen molar-refractivity contribution in [3.05, 3.63) is 83.2 Å². The first-order chi connectivity index (χ1) is 14.9. The van der Waals surface area contributed by atoms with Crippen LogP contribution in [0.3, 0.4) is 0 Å². The van der Waals surface area contributed by atoms with Crippen LogP contribution < -0.4 is 9.44 Å². The second-order valence-electron chi connectivity index (χ2n) is 6.93. The fourth-order valence-electron chi connectivity index (χ4n) is 2.91. The van der Waals surface area contributed by atoms with Crippen molar-refractivity contribution in [2.75, 3.05) is 9.44 Å². The van der Waals surface area contributed by atoms with Crippen LogP contribution in [0.1, 0.15) is 21.5 Å². The molecule has 0 fully saturated rings. The summed E-state index contributed by atoms with van der Waals surface area (Å²) in [7, 11) is -8.40. The van der Waals surface area contributed by atoms with Crippen LogP contribution in [-0.4, -0.2) is 27.9 Å². The summed E-state index contributed by atoms with van der Waals surface area (Å²) >= 11 is 0. The fraction of sp³-hybridized carbons (Fsp3) is 0.0952. The maximum Gasteiger partial charge on any atom is 0.335 e. The molecular formula is C21H19FN2O6S2. The first-order valence-corrected chi connectivity index (χ1v) is 12.1. The molecule has 0 aliphatic rings. The summed E-state index contributed by atoms with van der Waals surface area (Å²) in [4.78, 5) is 10.9. The van der Waals surface area contributed by atoms with Gasteiger partial charge in [0, 0.05) is 0 Å². The van der Waals surface area contributed by atoms with E-state index in [2.05, 4.69) is 9.44 Å². The summed E-state index contributed by atoms with van der Waals surface area (Å²) in [6.45, 7) is 3.13. The predicted molar refractivity (Wildman–Crippen MR) is 117 cm³/mol. The van der Waals surface area contributed by atoms with Gasteiger partial charge in [-0.1, -0.05) is 12.1 Å². The average molecular weight is 479 g/mol. The number of hydrogen-bond donors (Lipinski definition) is 3. The molecule has 168 valence electrons. The van der Waals surface area contributed by atoms with E-state index in [-0.39, 0.29) is 26.7 Å². The van der Waals surface area contributed by atoms with Crippen LogP contribution in [0.2, 0.25) is 0 Å². The molecule has 0 bridgehead atoms. The highest BCUT2D eigenvalue weighted by Crippen LogP contribution is 2.29. The zero-order valence-electron chi connectivity index (χ0n) is 17.0. The number of para-hydroxylation sites is 2. The summed E-state index contributed by atoms with van der Waals surface area (Å²) in [5, 5.41) is 9.26. The molecule has 3 aromatic rings. The Morgan fingerprint density at radius 2 is 1.38 bits per heavy atom. The minimum Gasteiger partial charge on any atom is -0.478 e. The third-order valence-corrected chi connectivity index (χ3v) is 7.57. The number of carboxylic acid groups (broad SMARTS) is 1. The molecule has 32 heavy (non-hydrogen) atoms. The van der Waals surface area contributed by atoms with E-state index in [4.69, 9.17) is 0 Å². The average Bonchev–Trinajstić information content (AvgIpc) is 2.71. The molecule has 3 N–H and O–H groups in total. The number of halogens is 1. The Morgan fingerprint density at radius 1 is 0.844 bits per heavy atom. The third-order valence-electron chi connectivity index (χ3n) is 4.70. The van der Waals surface area contributed by atoms with Crippen LogP contribution >= 0.6 is 0 Å². The van der Waals surface area contributed by atoms with E-state index in [1.165, 1.54) is 30.3 Å². The number of aromatic carboxylic acids is 1. The minimum atomic E-state index is -4.27. The largest absolute Gasteiger partial charge is 0.478 e. The Kier molecular flexibility index (Phi) is 6.24. The topological polar surface area (TPSA) is 130 Å². The van der Waals surface area contributed by atoms with Crippen molar-refractivity contribution < 1.29 is 31.1 Å². The lowest BCUT2D eigenvalue weighted by Crippen LogP contribution is -2.19. The van der Waals surface area contributed by atoms with Gasteiger partial charge in [-0.25, -0.2) is 26.0 Å². The van der Waals surface area contributed by atoms with Gasteiger partial charge in [0.25, 0.3) is 20.0 Å². The van der Waals surface area contributed by atoms with Gasteiger partial charge in [0.1, 0.15) is 5.82 Å². The standard InChI is InChI=1S/C21H19FN2O6S2/c1-13-11-15(21(25)26)12-20(14(13)2)32(29,30)24-19-6-4-3-5-18(19)23-31(27,28)17-9-7-16(22)8-10-17/h3-12,23-24H,1-2H3,(H,25,26). The van der Waals surface area contributed by atoms with Crippen molar-refractivity contribution >= 4 is 37.4 Å². The molecule has 0 saturated carbocycles. The zero-order valence-corrected chi connectivity index (χ0v) is 18.6. The number of benzene rings is 3. The van der Waals surface area contributed by atoms with Crippen LogP contribution in [-0.2, 0) is 20.0 Å². The molecule has 0 atom stereocenters. The van der Waals surface area contributed by atoms with E-state index >= 15 is 0 Å². The lowest BCUT2D eigenvalue weighted by molar-refractivity contribution is 0.0696. The van der Waals surface area contributed by atoms with Crippen molar-refractivity contribution in [3.63, 3.8) is 0 Å². The number of carboxylic acids is 1. The second kappa shape index (κ2) is 8.60. The SMILES string of the molecule is Cc1cc(C(=O)O)cc(S(=O)(=O)Nc2ccccc2NS(=O)(=O)c2ccc(F)cc2)c1C. The number of carbonyl (C=O) groups is 1. The van der Waals surface area contributed by atoms with Crippen molar-refractivity contribution in [1.29, 1.82) is 0 Å². The van der Waals surface area contributed by atoms with Crippen LogP contribution in [0, 0.1) is 19.7 Å². The molecule has 11 heteroatoms. The second-order valence-corrected chi connectivity index (χ2v) is 10.3. The van der Waals surface area contributed by atoms with E-state index in [0.717, 1.165) is 30.3 Å². The molecule has 0 radical (unpaired) electrons. The number of anilines is 2. The molecule has 0 aliphatic carbocycles. The van der Waals surface area contributed by atoms with Gasteiger partial charge in [-0.2, -0.15) is 0 Å². The molecule has 0 unspecified atom stereocenters. The van der Waals surface area contributed by atoms with Crippen LogP contribution in [0.25, 0.3) is 0 Å². The molecule has 0 aromatic heterocycles. The number of nitrogens with one attached hydrogen (secondary N) is 2. The molecule has 8 nitrogen and oxygen atoms in total. The smallest absolute Gasteiger partial charge is 0.335 e. The van der Waals surface area contributed by atoms with E-state index in [9.17, 15) is 31.1 Å². The van der Waals surface area contributed by atoms with Gasteiger partial charge >= 0.3 is 5.97 Å². The lowest BCUT2D eigenvalue weighted by Gasteiger charge is -2.16. The van der Waals surface area contributed by atoms with E-state index in [1.54, 1.807) is 13.8 Å². The molecule has 0 spiro atoms. The van der Waals surface area contributed by atoms with E-state index in [1.807, 2.05) is 0 Å². The summed E-state index contributed by atoms with van der Waals surface area (Å²) in [6.07, 6.45) is 0. The lowest BCUT2D eigenvalue weighted by atomic mass is 10.1.